The zero-order valence-corrected chi connectivity index (χ0v) is 14.0. The summed E-state index contributed by atoms with van der Waals surface area (Å²) in [6.07, 6.45) is 2.34. The average Bonchev–Trinajstić information content (AvgIpc) is 2.49. The summed E-state index contributed by atoms with van der Waals surface area (Å²) in [6, 6.07) is 2.05. The number of nitrogens with zero attached hydrogens (tertiary/aromatic N) is 1. The standard InChI is InChI=1S/C18H28N2O/c1-12-10-17(15(4)14(3)13(12)2)18(21)20(5)11-16-6-8-19-9-7-16/h10,16,19H,6-9,11H2,1-5H3. The van der Waals surface area contributed by atoms with Crippen molar-refractivity contribution in [2.45, 2.75) is 40.5 Å². The molecule has 116 valence electrons. The topological polar surface area (TPSA) is 32.3 Å². The van der Waals surface area contributed by atoms with E-state index in [2.05, 4.69) is 39.1 Å². The first-order valence-corrected chi connectivity index (χ1v) is 7.95. The molecule has 0 aromatic heterocycles. The Morgan fingerprint density at radius 3 is 2.38 bits per heavy atom. The Bertz CT molecular complexity index is 531. The zero-order valence-electron chi connectivity index (χ0n) is 14.0. The molecule has 3 nitrogen and oxygen atoms in total. The molecule has 1 heterocycles. The van der Waals surface area contributed by atoms with E-state index in [9.17, 15) is 4.79 Å². The summed E-state index contributed by atoms with van der Waals surface area (Å²) in [5, 5.41) is 3.38. The second-order valence-corrected chi connectivity index (χ2v) is 6.50. The highest BCUT2D eigenvalue weighted by molar-refractivity contribution is 5.96. The van der Waals surface area contributed by atoms with Crippen LogP contribution in [0.5, 0.6) is 0 Å². The quantitative estimate of drug-likeness (QED) is 0.927. The summed E-state index contributed by atoms with van der Waals surface area (Å²) >= 11 is 0. The first-order chi connectivity index (χ1) is 9.91. The maximum atomic E-state index is 12.8. The highest BCUT2D eigenvalue weighted by atomic mass is 16.2. The van der Waals surface area contributed by atoms with Gasteiger partial charge in [0.05, 0.1) is 0 Å². The SMILES string of the molecule is Cc1cc(C(=O)N(C)CC2CCNCC2)c(C)c(C)c1C. The minimum absolute atomic E-state index is 0.164. The number of rotatable bonds is 3. The predicted molar refractivity (Wildman–Crippen MR) is 87.9 cm³/mol. The molecule has 1 amide bonds. The fourth-order valence-electron chi connectivity index (χ4n) is 3.17. The highest BCUT2D eigenvalue weighted by Crippen LogP contribution is 2.23. The van der Waals surface area contributed by atoms with Gasteiger partial charge in [0.1, 0.15) is 0 Å². The molecule has 0 unspecified atom stereocenters. The molecule has 2 rings (SSSR count). The van der Waals surface area contributed by atoms with Gasteiger partial charge in [-0.25, -0.2) is 0 Å². The van der Waals surface area contributed by atoms with Gasteiger partial charge >= 0.3 is 0 Å². The molecule has 0 spiro atoms. The van der Waals surface area contributed by atoms with Crippen molar-refractivity contribution in [2.75, 3.05) is 26.7 Å². The fraction of sp³-hybridized carbons (Fsp3) is 0.611. The average molecular weight is 288 g/mol. The van der Waals surface area contributed by atoms with E-state index >= 15 is 0 Å². The minimum Gasteiger partial charge on any atom is -0.341 e. The van der Waals surface area contributed by atoms with Crippen molar-refractivity contribution in [3.63, 3.8) is 0 Å². The summed E-state index contributed by atoms with van der Waals surface area (Å²) in [4.78, 5) is 14.7. The Kier molecular flexibility index (Phi) is 5.04. The van der Waals surface area contributed by atoms with Crippen molar-refractivity contribution in [2.24, 2.45) is 5.92 Å². The fourth-order valence-corrected chi connectivity index (χ4v) is 3.17. The van der Waals surface area contributed by atoms with Gasteiger partial charge in [-0.1, -0.05) is 0 Å². The highest BCUT2D eigenvalue weighted by Gasteiger charge is 2.21. The molecule has 1 saturated heterocycles. The van der Waals surface area contributed by atoms with Crippen LogP contribution in [-0.2, 0) is 0 Å². The molecule has 1 aliphatic rings. The third-order valence-corrected chi connectivity index (χ3v) is 5.05. The predicted octanol–water partition coefficient (Wildman–Crippen LogP) is 2.99. The molecule has 1 fully saturated rings. The van der Waals surface area contributed by atoms with Gasteiger partial charge in [0.2, 0.25) is 0 Å². The Balaban J connectivity index is 2.15. The molecule has 1 aliphatic heterocycles. The van der Waals surface area contributed by atoms with E-state index < -0.39 is 0 Å². The minimum atomic E-state index is 0.164. The number of piperidine rings is 1. The smallest absolute Gasteiger partial charge is 0.253 e. The van der Waals surface area contributed by atoms with Gasteiger partial charge in [-0.05, 0) is 87.9 Å². The number of aryl methyl sites for hydroxylation is 1. The van der Waals surface area contributed by atoms with Crippen LogP contribution in [0.1, 0.15) is 45.5 Å². The van der Waals surface area contributed by atoms with Crippen molar-refractivity contribution < 1.29 is 4.79 Å². The van der Waals surface area contributed by atoms with Crippen molar-refractivity contribution in [3.8, 4) is 0 Å². The third kappa shape index (κ3) is 3.46. The van der Waals surface area contributed by atoms with Crippen molar-refractivity contribution in [1.29, 1.82) is 0 Å². The molecule has 0 saturated carbocycles. The van der Waals surface area contributed by atoms with Crippen LogP contribution in [0.15, 0.2) is 6.07 Å². The summed E-state index contributed by atoms with van der Waals surface area (Å²) in [5.41, 5.74) is 5.74. The van der Waals surface area contributed by atoms with Crippen LogP contribution in [0.2, 0.25) is 0 Å². The normalized spacial score (nSPS) is 16.0. The van der Waals surface area contributed by atoms with Gasteiger partial charge in [-0.2, -0.15) is 0 Å². The molecular formula is C18H28N2O. The van der Waals surface area contributed by atoms with Crippen LogP contribution in [0, 0.1) is 33.6 Å². The van der Waals surface area contributed by atoms with E-state index in [1.165, 1.54) is 29.5 Å². The van der Waals surface area contributed by atoms with Crippen LogP contribution in [0.25, 0.3) is 0 Å². The summed E-state index contributed by atoms with van der Waals surface area (Å²) < 4.78 is 0. The van der Waals surface area contributed by atoms with Crippen LogP contribution in [0.4, 0.5) is 0 Å². The van der Waals surface area contributed by atoms with Crippen molar-refractivity contribution in [3.05, 3.63) is 33.9 Å². The monoisotopic (exact) mass is 288 g/mol. The lowest BCUT2D eigenvalue weighted by Gasteiger charge is -2.28. The molecule has 0 bridgehead atoms. The van der Waals surface area contributed by atoms with E-state index in [-0.39, 0.29) is 5.91 Å². The summed E-state index contributed by atoms with van der Waals surface area (Å²) in [7, 11) is 1.94. The van der Waals surface area contributed by atoms with E-state index in [1.54, 1.807) is 0 Å². The molecule has 1 N–H and O–H groups in total. The lowest BCUT2D eigenvalue weighted by molar-refractivity contribution is 0.0762. The van der Waals surface area contributed by atoms with Gasteiger partial charge < -0.3 is 10.2 Å². The van der Waals surface area contributed by atoms with E-state index in [0.29, 0.717) is 5.92 Å². The van der Waals surface area contributed by atoms with Crippen LogP contribution in [-0.4, -0.2) is 37.5 Å². The first-order valence-electron chi connectivity index (χ1n) is 7.95. The van der Waals surface area contributed by atoms with E-state index in [0.717, 1.165) is 30.8 Å². The molecule has 0 aliphatic carbocycles. The van der Waals surface area contributed by atoms with Crippen LogP contribution in [0.3, 0.4) is 0 Å². The number of carbonyl (C=O) groups is 1. The molecule has 1 aromatic rings. The number of carbonyl (C=O) groups excluding carboxylic acids is 1. The van der Waals surface area contributed by atoms with E-state index in [1.807, 2.05) is 11.9 Å². The molecule has 1 aromatic carbocycles. The lowest BCUT2D eigenvalue weighted by atomic mass is 9.93. The molecule has 21 heavy (non-hydrogen) atoms. The van der Waals surface area contributed by atoms with Crippen molar-refractivity contribution in [1.82, 2.24) is 10.2 Å². The van der Waals surface area contributed by atoms with Gasteiger partial charge in [-0.15, -0.1) is 0 Å². The van der Waals surface area contributed by atoms with Gasteiger partial charge in [0.25, 0.3) is 5.91 Å². The Morgan fingerprint density at radius 1 is 1.14 bits per heavy atom. The van der Waals surface area contributed by atoms with Gasteiger partial charge in [0.15, 0.2) is 0 Å². The second-order valence-electron chi connectivity index (χ2n) is 6.50. The molecular weight excluding hydrogens is 260 g/mol. The molecule has 0 radical (unpaired) electrons. The van der Waals surface area contributed by atoms with Crippen LogP contribution >= 0.6 is 0 Å². The third-order valence-electron chi connectivity index (χ3n) is 5.05. The Labute approximate surface area is 128 Å². The Morgan fingerprint density at radius 2 is 1.76 bits per heavy atom. The summed E-state index contributed by atoms with van der Waals surface area (Å²) in [5.74, 6) is 0.797. The number of hydrogen-bond acceptors (Lipinski definition) is 2. The summed E-state index contributed by atoms with van der Waals surface area (Å²) in [6.45, 7) is 11.4. The zero-order chi connectivity index (χ0) is 15.6. The first kappa shape index (κ1) is 16.0. The Hall–Kier alpha value is -1.35. The molecule has 0 atom stereocenters. The van der Waals surface area contributed by atoms with Gasteiger partial charge in [0, 0.05) is 19.2 Å². The number of amides is 1. The van der Waals surface area contributed by atoms with Gasteiger partial charge in [-0.3, -0.25) is 4.79 Å². The second kappa shape index (κ2) is 6.61. The number of hydrogen-bond donors (Lipinski definition) is 1. The lowest BCUT2D eigenvalue weighted by Crippen LogP contribution is -2.37. The maximum Gasteiger partial charge on any atom is 0.253 e. The molecule has 3 heteroatoms. The number of nitrogens with one attached hydrogen (secondary N) is 1. The van der Waals surface area contributed by atoms with Crippen molar-refractivity contribution >= 4 is 5.91 Å². The van der Waals surface area contributed by atoms with E-state index in [4.69, 9.17) is 0 Å². The van der Waals surface area contributed by atoms with Crippen LogP contribution < -0.4 is 5.32 Å². The largest absolute Gasteiger partial charge is 0.341 e. The maximum absolute atomic E-state index is 12.8. The number of benzene rings is 1.